The van der Waals surface area contributed by atoms with E-state index in [1.165, 1.54) is 30.3 Å². The topological polar surface area (TPSA) is 71.3 Å². The van der Waals surface area contributed by atoms with Crippen LogP contribution in [0, 0.1) is 17.1 Å². The van der Waals surface area contributed by atoms with Crippen LogP contribution in [0.25, 0.3) is 6.08 Å². The van der Waals surface area contributed by atoms with Gasteiger partial charge in [-0.15, -0.1) is 0 Å². The van der Waals surface area contributed by atoms with E-state index in [2.05, 4.69) is 21.2 Å². The second-order valence-electron chi connectivity index (χ2n) is 6.77. The molecule has 1 amide bonds. The molecule has 0 aliphatic carbocycles. The zero-order valence-corrected chi connectivity index (χ0v) is 19.9. The van der Waals surface area contributed by atoms with Crippen LogP contribution in [0.4, 0.5) is 10.1 Å². The van der Waals surface area contributed by atoms with Gasteiger partial charge in [0, 0.05) is 15.7 Å². The minimum Gasteiger partial charge on any atom is -0.490 e. The molecule has 0 aliphatic heterocycles. The van der Waals surface area contributed by atoms with E-state index >= 15 is 0 Å². The Labute approximate surface area is 204 Å². The zero-order valence-electron chi connectivity index (χ0n) is 17.6. The predicted octanol–water partition coefficient (Wildman–Crippen LogP) is 6.76. The van der Waals surface area contributed by atoms with Crippen LogP contribution in [-0.2, 0) is 11.4 Å². The average Bonchev–Trinajstić information content (AvgIpc) is 2.79. The van der Waals surface area contributed by atoms with E-state index in [9.17, 15) is 14.4 Å². The first kappa shape index (κ1) is 24.3. The molecule has 0 heterocycles. The van der Waals surface area contributed by atoms with Gasteiger partial charge in [0.2, 0.25) is 0 Å². The van der Waals surface area contributed by atoms with Crippen LogP contribution in [-0.4, -0.2) is 12.5 Å². The molecule has 3 aromatic carbocycles. The third-order valence-corrected chi connectivity index (χ3v) is 5.49. The summed E-state index contributed by atoms with van der Waals surface area (Å²) in [5, 5.41) is 12.3. The maximum Gasteiger partial charge on any atom is 0.266 e. The second kappa shape index (κ2) is 11.5. The maximum absolute atomic E-state index is 13.1. The third kappa shape index (κ3) is 6.58. The summed E-state index contributed by atoms with van der Waals surface area (Å²) in [5.74, 6) is -0.309. The number of nitrogens with one attached hydrogen (secondary N) is 1. The fraction of sp³-hybridized carbons (Fsp3) is 0.120. The number of carbonyl (C=O) groups is 1. The summed E-state index contributed by atoms with van der Waals surface area (Å²) in [5.41, 5.74) is 1.64. The summed E-state index contributed by atoms with van der Waals surface area (Å²) < 4.78 is 25.6. The first-order valence-corrected chi connectivity index (χ1v) is 11.1. The molecule has 0 spiro atoms. The number of carbonyl (C=O) groups excluding carboxylic acids is 1. The SMILES string of the molecule is CCOc1cc(/C=C(\C#N)C(=O)Nc2ccc(F)cc2)cc(Cl)c1OCc1ccccc1Br. The Hall–Kier alpha value is -3.34. The number of rotatable bonds is 8. The molecule has 5 nitrogen and oxygen atoms in total. The van der Waals surface area contributed by atoms with Gasteiger partial charge in [0.25, 0.3) is 5.91 Å². The number of hydrogen-bond donors (Lipinski definition) is 1. The van der Waals surface area contributed by atoms with Crippen molar-refractivity contribution in [2.24, 2.45) is 0 Å². The van der Waals surface area contributed by atoms with Gasteiger partial charge in [-0.25, -0.2) is 4.39 Å². The zero-order chi connectivity index (χ0) is 23.8. The lowest BCUT2D eigenvalue weighted by Gasteiger charge is -2.15. The highest BCUT2D eigenvalue weighted by atomic mass is 79.9. The van der Waals surface area contributed by atoms with Crippen molar-refractivity contribution in [1.29, 1.82) is 5.26 Å². The molecular weight excluding hydrogens is 511 g/mol. The number of benzene rings is 3. The molecule has 8 heteroatoms. The Balaban J connectivity index is 1.85. The van der Waals surface area contributed by atoms with Crippen molar-refractivity contribution in [2.75, 3.05) is 11.9 Å². The number of amides is 1. The first-order valence-electron chi connectivity index (χ1n) is 9.92. The Kier molecular flexibility index (Phi) is 8.47. The van der Waals surface area contributed by atoms with Crippen molar-refractivity contribution < 1.29 is 18.7 Å². The van der Waals surface area contributed by atoms with Gasteiger partial charge in [-0.1, -0.05) is 45.7 Å². The van der Waals surface area contributed by atoms with Crippen LogP contribution in [0.1, 0.15) is 18.1 Å². The summed E-state index contributed by atoms with van der Waals surface area (Å²) in [6, 6.07) is 18.0. The van der Waals surface area contributed by atoms with Crippen molar-refractivity contribution in [3.63, 3.8) is 0 Å². The van der Waals surface area contributed by atoms with E-state index in [0.717, 1.165) is 10.0 Å². The van der Waals surface area contributed by atoms with Gasteiger partial charge >= 0.3 is 0 Å². The summed E-state index contributed by atoms with van der Waals surface area (Å²) in [7, 11) is 0. The maximum atomic E-state index is 13.1. The van der Waals surface area contributed by atoms with Crippen LogP contribution in [0.3, 0.4) is 0 Å². The van der Waals surface area contributed by atoms with Crippen molar-refractivity contribution in [1.82, 2.24) is 0 Å². The molecule has 0 saturated carbocycles. The lowest BCUT2D eigenvalue weighted by Crippen LogP contribution is -2.13. The molecule has 0 aliphatic rings. The summed E-state index contributed by atoms with van der Waals surface area (Å²) in [4.78, 5) is 12.5. The highest BCUT2D eigenvalue weighted by Crippen LogP contribution is 2.38. The molecular formula is C25H19BrClFN2O3. The van der Waals surface area contributed by atoms with E-state index in [1.807, 2.05) is 37.3 Å². The molecule has 168 valence electrons. The van der Waals surface area contributed by atoms with Crippen LogP contribution < -0.4 is 14.8 Å². The first-order chi connectivity index (χ1) is 15.9. The molecule has 0 radical (unpaired) electrons. The van der Waals surface area contributed by atoms with E-state index in [1.54, 1.807) is 12.1 Å². The van der Waals surface area contributed by atoms with Crippen LogP contribution in [0.2, 0.25) is 5.02 Å². The lowest BCUT2D eigenvalue weighted by atomic mass is 10.1. The normalized spacial score (nSPS) is 10.9. The molecule has 3 aromatic rings. The average molecular weight is 530 g/mol. The summed E-state index contributed by atoms with van der Waals surface area (Å²) in [6.07, 6.45) is 1.39. The Morgan fingerprint density at radius 3 is 2.58 bits per heavy atom. The highest BCUT2D eigenvalue weighted by molar-refractivity contribution is 9.10. The van der Waals surface area contributed by atoms with Crippen LogP contribution >= 0.6 is 27.5 Å². The number of nitriles is 1. The van der Waals surface area contributed by atoms with E-state index in [-0.39, 0.29) is 17.2 Å². The number of halogens is 3. The molecule has 3 rings (SSSR count). The van der Waals surface area contributed by atoms with Gasteiger partial charge in [-0.2, -0.15) is 5.26 Å². The van der Waals surface area contributed by atoms with Gasteiger partial charge in [0.05, 0.1) is 11.6 Å². The van der Waals surface area contributed by atoms with Crippen LogP contribution in [0.15, 0.2) is 70.7 Å². The van der Waals surface area contributed by atoms with Gasteiger partial charge < -0.3 is 14.8 Å². The van der Waals surface area contributed by atoms with Gasteiger partial charge in [0.15, 0.2) is 11.5 Å². The second-order valence-corrected chi connectivity index (χ2v) is 8.04. The standard InChI is InChI=1S/C25H19BrClFN2O3/c1-2-32-23-13-16(11-18(14-29)25(31)30-20-9-7-19(28)8-10-20)12-22(27)24(23)33-15-17-5-3-4-6-21(17)26/h3-13H,2,15H2,1H3,(H,30,31)/b18-11+. The number of hydrogen-bond acceptors (Lipinski definition) is 4. The molecule has 0 bridgehead atoms. The van der Waals surface area contributed by atoms with Gasteiger partial charge in [-0.3, -0.25) is 4.79 Å². The fourth-order valence-electron chi connectivity index (χ4n) is 2.89. The van der Waals surface area contributed by atoms with Crippen molar-refractivity contribution >= 4 is 45.2 Å². The number of nitrogens with zero attached hydrogens (tertiary/aromatic N) is 1. The molecule has 0 aromatic heterocycles. The molecule has 33 heavy (non-hydrogen) atoms. The summed E-state index contributed by atoms with van der Waals surface area (Å²) in [6.45, 7) is 2.45. The summed E-state index contributed by atoms with van der Waals surface area (Å²) >= 11 is 9.95. The largest absolute Gasteiger partial charge is 0.490 e. The van der Waals surface area contributed by atoms with E-state index in [0.29, 0.717) is 29.4 Å². The Bertz CT molecular complexity index is 1220. The highest BCUT2D eigenvalue weighted by Gasteiger charge is 2.15. The Morgan fingerprint density at radius 2 is 1.91 bits per heavy atom. The van der Waals surface area contributed by atoms with E-state index < -0.39 is 11.7 Å². The minimum atomic E-state index is -0.632. The third-order valence-electron chi connectivity index (χ3n) is 4.44. The fourth-order valence-corrected chi connectivity index (χ4v) is 3.56. The Morgan fingerprint density at radius 1 is 1.18 bits per heavy atom. The molecule has 0 saturated heterocycles. The molecule has 0 atom stereocenters. The van der Waals surface area contributed by atoms with Gasteiger partial charge in [-0.05, 0) is 61.0 Å². The van der Waals surface area contributed by atoms with Crippen molar-refractivity contribution in [3.8, 4) is 17.6 Å². The van der Waals surface area contributed by atoms with Crippen molar-refractivity contribution in [2.45, 2.75) is 13.5 Å². The van der Waals surface area contributed by atoms with E-state index in [4.69, 9.17) is 21.1 Å². The minimum absolute atomic E-state index is 0.153. The quantitative estimate of drug-likeness (QED) is 0.258. The smallest absolute Gasteiger partial charge is 0.266 e. The molecule has 0 unspecified atom stereocenters. The number of ether oxygens (including phenoxy) is 2. The predicted molar refractivity (Wildman–Crippen MR) is 130 cm³/mol. The monoisotopic (exact) mass is 528 g/mol. The molecule has 0 fully saturated rings. The van der Waals surface area contributed by atoms with Crippen LogP contribution in [0.5, 0.6) is 11.5 Å². The van der Waals surface area contributed by atoms with Gasteiger partial charge in [0.1, 0.15) is 24.1 Å². The molecule has 1 N–H and O–H groups in total. The number of anilines is 1. The van der Waals surface area contributed by atoms with Crippen molar-refractivity contribution in [3.05, 3.63) is 92.7 Å². The lowest BCUT2D eigenvalue weighted by molar-refractivity contribution is -0.112.